The molecule has 1 heterocycles. The lowest BCUT2D eigenvalue weighted by atomic mass is 10.1. The maximum Gasteiger partial charge on any atom is 0.243 e. The van der Waals surface area contributed by atoms with Gasteiger partial charge in [-0.2, -0.15) is 0 Å². The first-order valence-corrected chi connectivity index (χ1v) is 9.24. The van der Waals surface area contributed by atoms with E-state index < -0.39 is 0 Å². The minimum absolute atomic E-state index is 0.0716. The summed E-state index contributed by atoms with van der Waals surface area (Å²) >= 11 is 0. The van der Waals surface area contributed by atoms with Crippen LogP contribution in [-0.4, -0.2) is 32.7 Å². The smallest absolute Gasteiger partial charge is 0.243 e. The highest BCUT2D eigenvalue weighted by atomic mass is 16.1. The van der Waals surface area contributed by atoms with E-state index in [1.807, 2.05) is 53.2 Å². The number of rotatable bonds is 7. The van der Waals surface area contributed by atoms with Gasteiger partial charge >= 0.3 is 0 Å². The fourth-order valence-electron chi connectivity index (χ4n) is 3.01. The molecule has 3 aromatic rings. The van der Waals surface area contributed by atoms with Gasteiger partial charge in [0.15, 0.2) is 5.82 Å². The molecule has 1 aliphatic carbocycles. The molecule has 0 atom stereocenters. The van der Waals surface area contributed by atoms with Crippen molar-refractivity contribution in [3.63, 3.8) is 0 Å². The molecule has 0 saturated heterocycles. The molecular weight excluding hydrogens is 340 g/mol. The van der Waals surface area contributed by atoms with Crippen molar-refractivity contribution in [1.82, 2.24) is 20.2 Å². The molecule has 1 aromatic heterocycles. The van der Waals surface area contributed by atoms with Crippen molar-refractivity contribution in [2.75, 3.05) is 17.2 Å². The van der Waals surface area contributed by atoms with E-state index in [-0.39, 0.29) is 12.5 Å². The van der Waals surface area contributed by atoms with E-state index in [2.05, 4.69) is 33.1 Å². The molecule has 27 heavy (non-hydrogen) atoms. The zero-order valence-corrected chi connectivity index (χ0v) is 15.2. The van der Waals surface area contributed by atoms with Crippen LogP contribution in [0.15, 0.2) is 48.5 Å². The summed E-state index contributed by atoms with van der Waals surface area (Å²) in [5.41, 5.74) is 3.85. The first kappa shape index (κ1) is 17.2. The summed E-state index contributed by atoms with van der Waals surface area (Å²) in [6.45, 7) is 2.28. The predicted molar refractivity (Wildman–Crippen MR) is 104 cm³/mol. The van der Waals surface area contributed by atoms with Gasteiger partial charge in [0.1, 0.15) is 0 Å². The third-order valence-corrected chi connectivity index (χ3v) is 4.65. The average Bonchev–Trinajstić information content (AvgIpc) is 3.44. The van der Waals surface area contributed by atoms with Gasteiger partial charge in [0.05, 0.1) is 12.6 Å². The van der Waals surface area contributed by atoms with Gasteiger partial charge in [-0.1, -0.05) is 25.1 Å². The minimum Gasteiger partial charge on any atom is -0.376 e. The molecular formula is C20H22N6O. The number of hydrogen-bond donors (Lipinski definition) is 2. The molecule has 1 fully saturated rings. The maximum atomic E-state index is 12.2. The molecule has 7 nitrogen and oxygen atoms in total. The van der Waals surface area contributed by atoms with E-state index >= 15 is 0 Å². The molecule has 0 spiro atoms. The number of carbonyl (C=O) groups excluding carboxylic acids is 1. The zero-order valence-electron chi connectivity index (χ0n) is 15.2. The molecule has 1 aliphatic rings. The molecule has 1 saturated carbocycles. The van der Waals surface area contributed by atoms with Crippen molar-refractivity contribution in [1.29, 1.82) is 0 Å². The number of aryl methyl sites for hydroxylation is 1. The molecule has 2 N–H and O–H groups in total. The Morgan fingerprint density at radius 1 is 1.15 bits per heavy atom. The number of amides is 1. The Bertz CT molecular complexity index is 930. The van der Waals surface area contributed by atoms with Gasteiger partial charge in [0.2, 0.25) is 5.91 Å². The first-order chi connectivity index (χ1) is 13.2. The number of tetrazole rings is 1. The van der Waals surface area contributed by atoms with Crippen molar-refractivity contribution in [2.45, 2.75) is 32.2 Å². The Kier molecular flexibility index (Phi) is 4.82. The van der Waals surface area contributed by atoms with Gasteiger partial charge in [-0.15, -0.1) is 5.10 Å². The molecule has 4 rings (SSSR count). The highest BCUT2D eigenvalue weighted by Crippen LogP contribution is 2.36. The van der Waals surface area contributed by atoms with Crippen molar-refractivity contribution < 1.29 is 4.79 Å². The molecule has 1 amide bonds. The second kappa shape index (κ2) is 7.57. The van der Waals surface area contributed by atoms with Crippen LogP contribution in [0.4, 0.5) is 11.4 Å². The van der Waals surface area contributed by atoms with E-state index in [0.717, 1.165) is 47.6 Å². The minimum atomic E-state index is -0.0716. The second-order valence-electron chi connectivity index (χ2n) is 6.67. The van der Waals surface area contributed by atoms with Gasteiger partial charge in [-0.05, 0) is 65.6 Å². The molecule has 0 radical (unpaired) electrons. The zero-order chi connectivity index (χ0) is 18.6. The van der Waals surface area contributed by atoms with Gasteiger partial charge in [0.25, 0.3) is 0 Å². The third-order valence-electron chi connectivity index (χ3n) is 4.65. The topological polar surface area (TPSA) is 84.7 Å². The molecule has 0 bridgehead atoms. The lowest BCUT2D eigenvalue weighted by Crippen LogP contribution is -2.22. The van der Waals surface area contributed by atoms with Crippen molar-refractivity contribution in [3.8, 4) is 11.4 Å². The maximum absolute atomic E-state index is 12.2. The van der Waals surface area contributed by atoms with Crippen LogP contribution in [0.1, 0.15) is 31.4 Å². The quantitative estimate of drug-likeness (QED) is 0.674. The van der Waals surface area contributed by atoms with E-state index in [1.165, 1.54) is 0 Å². The number of para-hydroxylation sites is 1. The monoisotopic (exact) mass is 362 g/mol. The van der Waals surface area contributed by atoms with Crippen LogP contribution < -0.4 is 10.6 Å². The van der Waals surface area contributed by atoms with Gasteiger partial charge in [-0.25, -0.2) is 4.68 Å². The molecule has 0 unspecified atom stereocenters. The lowest BCUT2D eigenvalue weighted by Gasteiger charge is -2.11. The number of benzene rings is 2. The van der Waals surface area contributed by atoms with E-state index in [9.17, 15) is 4.79 Å². The van der Waals surface area contributed by atoms with E-state index in [0.29, 0.717) is 6.04 Å². The number of aromatic nitrogens is 4. The fourth-order valence-corrected chi connectivity index (χ4v) is 3.01. The molecule has 2 aromatic carbocycles. The Morgan fingerprint density at radius 3 is 2.67 bits per heavy atom. The predicted octanol–water partition coefficient (Wildman–Crippen LogP) is 3.29. The van der Waals surface area contributed by atoms with Crippen LogP contribution in [0, 0.1) is 0 Å². The van der Waals surface area contributed by atoms with Crippen LogP contribution in [0.5, 0.6) is 0 Å². The van der Waals surface area contributed by atoms with Crippen LogP contribution in [0.2, 0.25) is 0 Å². The Balaban J connectivity index is 1.36. The summed E-state index contributed by atoms with van der Waals surface area (Å²) in [5, 5.41) is 18.1. The van der Waals surface area contributed by atoms with Crippen molar-refractivity contribution in [3.05, 3.63) is 54.1 Å². The lowest BCUT2D eigenvalue weighted by molar-refractivity contribution is -0.114. The number of nitrogens with one attached hydrogen (secondary N) is 2. The summed E-state index contributed by atoms with van der Waals surface area (Å²) in [4.78, 5) is 12.2. The van der Waals surface area contributed by atoms with E-state index in [1.54, 1.807) is 0 Å². The summed E-state index contributed by atoms with van der Waals surface area (Å²) in [6, 6.07) is 16.1. The molecule has 0 aliphatic heterocycles. The van der Waals surface area contributed by atoms with Crippen LogP contribution in [0.3, 0.4) is 0 Å². The second-order valence-corrected chi connectivity index (χ2v) is 6.67. The van der Waals surface area contributed by atoms with E-state index in [4.69, 9.17) is 0 Å². The highest BCUT2D eigenvalue weighted by Gasteiger charge is 2.28. The molecule has 7 heteroatoms. The number of carbonyl (C=O) groups is 1. The summed E-state index contributed by atoms with van der Waals surface area (Å²) in [7, 11) is 0. The summed E-state index contributed by atoms with van der Waals surface area (Å²) in [5.74, 6) is 0.718. The van der Waals surface area contributed by atoms with Crippen LogP contribution >= 0.6 is 0 Å². The standard InChI is InChI=1S/C20H22N6O/c1-2-14-5-3-4-6-18(14)22-19(27)13-21-16-9-7-15(8-10-16)20-23-24-25-26(20)17-11-12-17/h3-10,17,21H,2,11-13H2,1H3,(H,22,27). The fraction of sp³-hybridized carbons (Fsp3) is 0.300. The summed E-state index contributed by atoms with van der Waals surface area (Å²) < 4.78 is 1.89. The number of nitrogens with zero attached hydrogens (tertiary/aromatic N) is 4. The number of hydrogen-bond acceptors (Lipinski definition) is 5. The normalized spacial score (nSPS) is 13.4. The summed E-state index contributed by atoms with van der Waals surface area (Å²) in [6.07, 6.45) is 3.15. The SMILES string of the molecule is CCc1ccccc1NC(=O)CNc1ccc(-c2nnnn2C2CC2)cc1. The first-order valence-electron chi connectivity index (χ1n) is 9.24. The van der Waals surface area contributed by atoms with Crippen LogP contribution in [0.25, 0.3) is 11.4 Å². The Morgan fingerprint density at radius 2 is 1.93 bits per heavy atom. The highest BCUT2D eigenvalue weighted by molar-refractivity contribution is 5.94. The van der Waals surface area contributed by atoms with Gasteiger partial charge in [0, 0.05) is 16.9 Å². The van der Waals surface area contributed by atoms with Crippen molar-refractivity contribution in [2.24, 2.45) is 0 Å². The average molecular weight is 362 g/mol. The van der Waals surface area contributed by atoms with Gasteiger partial charge in [-0.3, -0.25) is 4.79 Å². The largest absolute Gasteiger partial charge is 0.376 e. The number of anilines is 2. The Hall–Kier alpha value is -3.22. The van der Waals surface area contributed by atoms with Crippen LogP contribution in [-0.2, 0) is 11.2 Å². The molecule has 138 valence electrons. The van der Waals surface area contributed by atoms with Crippen molar-refractivity contribution >= 4 is 17.3 Å². The third kappa shape index (κ3) is 3.97. The Labute approximate surface area is 157 Å². The van der Waals surface area contributed by atoms with Gasteiger partial charge < -0.3 is 10.6 Å².